The molecule has 76 valence electrons. The first-order valence-electron chi connectivity index (χ1n) is 4.23. The lowest BCUT2D eigenvalue weighted by Crippen LogP contribution is -2.23. The van der Waals surface area contributed by atoms with Crippen molar-refractivity contribution >= 4 is 5.69 Å². The van der Waals surface area contributed by atoms with Gasteiger partial charge in [0.25, 0.3) is 0 Å². The van der Waals surface area contributed by atoms with Crippen molar-refractivity contribution in [1.82, 2.24) is 0 Å². The van der Waals surface area contributed by atoms with E-state index >= 15 is 0 Å². The molecule has 1 atom stereocenters. The van der Waals surface area contributed by atoms with E-state index in [1.807, 2.05) is 0 Å². The van der Waals surface area contributed by atoms with Crippen molar-refractivity contribution in [1.29, 1.82) is 0 Å². The minimum absolute atomic E-state index is 0.0341. The zero-order chi connectivity index (χ0) is 10.6. The van der Waals surface area contributed by atoms with Crippen LogP contribution in [-0.2, 0) is 0 Å². The number of hydrogen-bond donors (Lipinski definition) is 1. The van der Waals surface area contributed by atoms with Gasteiger partial charge in [-0.25, -0.2) is 0 Å². The zero-order valence-electron chi connectivity index (χ0n) is 7.84. The summed E-state index contributed by atoms with van der Waals surface area (Å²) in [6, 6.07) is 6.09. The molecule has 0 aliphatic heterocycles. The summed E-state index contributed by atoms with van der Waals surface area (Å²) >= 11 is 0. The topological polar surface area (TPSA) is 78.4 Å². The Balaban J connectivity index is 2.79. The number of nitro groups is 1. The average Bonchev–Trinajstić information content (AvgIpc) is 2.15. The van der Waals surface area contributed by atoms with Gasteiger partial charge in [0.2, 0.25) is 0 Å². The van der Waals surface area contributed by atoms with Gasteiger partial charge in [-0.3, -0.25) is 10.1 Å². The predicted molar refractivity (Wildman–Crippen MR) is 52.2 cm³/mol. The SMILES string of the molecule is C[C@H](N)COc1ccccc1[N+](=O)[O-]. The summed E-state index contributed by atoms with van der Waals surface area (Å²) in [5.74, 6) is 0.259. The second-order valence-electron chi connectivity index (χ2n) is 3.01. The molecule has 0 fully saturated rings. The molecule has 0 bridgehead atoms. The molecule has 0 aromatic heterocycles. The van der Waals surface area contributed by atoms with Crippen LogP contribution in [0.25, 0.3) is 0 Å². The van der Waals surface area contributed by atoms with Crippen molar-refractivity contribution < 1.29 is 9.66 Å². The van der Waals surface area contributed by atoms with E-state index in [9.17, 15) is 10.1 Å². The summed E-state index contributed by atoms with van der Waals surface area (Å²) in [5, 5.41) is 10.6. The predicted octanol–water partition coefficient (Wildman–Crippen LogP) is 1.32. The van der Waals surface area contributed by atoms with Crippen LogP contribution in [0.1, 0.15) is 6.92 Å². The minimum Gasteiger partial charge on any atom is -0.485 e. The third kappa shape index (κ3) is 2.70. The van der Waals surface area contributed by atoms with E-state index in [1.165, 1.54) is 6.07 Å². The molecule has 0 heterocycles. The van der Waals surface area contributed by atoms with Crippen molar-refractivity contribution in [3.8, 4) is 5.75 Å². The maximum Gasteiger partial charge on any atom is 0.310 e. The second kappa shape index (κ2) is 4.57. The van der Waals surface area contributed by atoms with Gasteiger partial charge in [0.15, 0.2) is 5.75 Å². The van der Waals surface area contributed by atoms with Crippen molar-refractivity contribution in [3.05, 3.63) is 34.4 Å². The molecule has 5 heteroatoms. The third-order valence-corrected chi connectivity index (χ3v) is 1.56. The lowest BCUT2D eigenvalue weighted by atomic mass is 10.3. The molecule has 1 aromatic carbocycles. The van der Waals surface area contributed by atoms with Gasteiger partial charge in [0, 0.05) is 12.1 Å². The van der Waals surface area contributed by atoms with Gasteiger partial charge in [-0.2, -0.15) is 0 Å². The van der Waals surface area contributed by atoms with Gasteiger partial charge in [0.1, 0.15) is 6.61 Å². The fourth-order valence-electron chi connectivity index (χ4n) is 0.951. The van der Waals surface area contributed by atoms with Gasteiger partial charge in [0.05, 0.1) is 4.92 Å². The molecule has 1 aromatic rings. The lowest BCUT2D eigenvalue weighted by molar-refractivity contribution is -0.385. The smallest absolute Gasteiger partial charge is 0.310 e. The molecule has 0 aliphatic rings. The first-order valence-corrected chi connectivity index (χ1v) is 4.23. The van der Waals surface area contributed by atoms with E-state index in [0.717, 1.165) is 0 Å². The second-order valence-corrected chi connectivity index (χ2v) is 3.01. The summed E-state index contributed by atoms with van der Waals surface area (Å²) in [5.41, 5.74) is 5.44. The third-order valence-electron chi connectivity index (χ3n) is 1.56. The van der Waals surface area contributed by atoms with Crippen LogP contribution in [0.5, 0.6) is 5.75 Å². The lowest BCUT2D eigenvalue weighted by Gasteiger charge is -2.08. The molecule has 0 aliphatic carbocycles. The molecular formula is C9H12N2O3. The first-order chi connectivity index (χ1) is 6.61. The van der Waals surface area contributed by atoms with Crippen LogP contribution in [-0.4, -0.2) is 17.6 Å². The van der Waals surface area contributed by atoms with Gasteiger partial charge < -0.3 is 10.5 Å². The number of para-hydroxylation sites is 2. The number of benzene rings is 1. The Morgan fingerprint density at radius 3 is 2.79 bits per heavy atom. The Morgan fingerprint density at radius 1 is 1.57 bits per heavy atom. The van der Waals surface area contributed by atoms with Gasteiger partial charge in [-0.05, 0) is 13.0 Å². The molecule has 0 radical (unpaired) electrons. The van der Waals surface area contributed by atoms with E-state index in [-0.39, 0.29) is 24.1 Å². The van der Waals surface area contributed by atoms with Crippen molar-refractivity contribution in [2.24, 2.45) is 5.73 Å². The van der Waals surface area contributed by atoms with Gasteiger partial charge in [-0.1, -0.05) is 12.1 Å². The number of nitrogens with zero attached hydrogens (tertiary/aromatic N) is 1. The van der Waals surface area contributed by atoms with E-state index in [0.29, 0.717) is 0 Å². The van der Waals surface area contributed by atoms with Crippen LogP contribution in [0.3, 0.4) is 0 Å². The molecule has 0 saturated heterocycles. The highest BCUT2D eigenvalue weighted by molar-refractivity contribution is 5.45. The van der Waals surface area contributed by atoms with Crippen molar-refractivity contribution in [2.45, 2.75) is 13.0 Å². The summed E-state index contributed by atoms with van der Waals surface area (Å²) in [6.45, 7) is 2.04. The summed E-state index contributed by atoms with van der Waals surface area (Å²) in [7, 11) is 0. The number of nitro benzene ring substituents is 1. The van der Waals surface area contributed by atoms with Crippen LogP contribution in [0, 0.1) is 10.1 Å². The van der Waals surface area contributed by atoms with Crippen molar-refractivity contribution in [3.63, 3.8) is 0 Å². The van der Waals surface area contributed by atoms with Crippen LogP contribution >= 0.6 is 0 Å². The Bertz CT molecular complexity index is 326. The van der Waals surface area contributed by atoms with E-state index in [1.54, 1.807) is 25.1 Å². The number of nitrogens with two attached hydrogens (primary N) is 1. The highest BCUT2D eigenvalue weighted by Crippen LogP contribution is 2.25. The zero-order valence-corrected chi connectivity index (χ0v) is 7.84. The standard InChI is InChI=1S/C9H12N2O3/c1-7(10)6-14-9-5-3-2-4-8(9)11(12)13/h2-5,7H,6,10H2,1H3/t7-/m0/s1. The Hall–Kier alpha value is -1.62. The van der Waals surface area contributed by atoms with Crippen LogP contribution in [0.4, 0.5) is 5.69 Å². The Morgan fingerprint density at radius 2 is 2.21 bits per heavy atom. The van der Waals surface area contributed by atoms with E-state index < -0.39 is 4.92 Å². The van der Waals surface area contributed by atoms with Crippen LogP contribution in [0.2, 0.25) is 0 Å². The number of rotatable bonds is 4. The molecule has 14 heavy (non-hydrogen) atoms. The van der Waals surface area contributed by atoms with E-state index in [2.05, 4.69) is 0 Å². The molecule has 0 saturated carbocycles. The van der Waals surface area contributed by atoms with Crippen molar-refractivity contribution in [2.75, 3.05) is 6.61 Å². The molecule has 0 spiro atoms. The molecule has 2 N–H and O–H groups in total. The molecule has 0 unspecified atom stereocenters. The Kier molecular flexibility index (Phi) is 3.41. The molecular weight excluding hydrogens is 184 g/mol. The largest absolute Gasteiger partial charge is 0.485 e. The first kappa shape index (κ1) is 10.5. The number of ether oxygens (including phenoxy) is 1. The number of hydrogen-bond acceptors (Lipinski definition) is 4. The fourth-order valence-corrected chi connectivity index (χ4v) is 0.951. The average molecular weight is 196 g/mol. The highest BCUT2D eigenvalue weighted by atomic mass is 16.6. The quantitative estimate of drug-likeness (QED) is 0.581. The summed E-state index contributed by atoms with van der Waals surface area (Å²) in [6.07, 6.45) is 0. The molecule has 1 rings (SSSR count). The van der Waals surface area contributed by atoms with Gasteiger partial charge in [-0.15, -0.1) is 0 Å². The maximum atomic E-state index is 10.6. The van der Waals surface area contributed by atoms with Crippen LogP contribution in [0.15, 0.2) is 24.3 Å². The highest BCUT2D eigenvalue weighted by Gasteiger charge is 2.13. The molecule has 0 amide bonds. The van der Waals surface area contributed by atoms with Gasteiger partial charge >= 0.3 is 5.69 Å². The van der Waals surface area contributed by atoms with E-state index in [4.69, 9.17) is 10.5 Å². The maximum absolute atomic E-state index is 10.6. The van der Waals surface area contributed by atoms with Crippen LogP contribution < -0.4 is 10.5 Å². The Labute approximate surface area is 81.6 Å². The molecule has 5 nitrogen and oxygen atoms in total. The monoisotopic (exact) mass is 196 g/mol. The summed E-state index contributed by atoms with van der Waals surface area (Å²) < 4.78 is 5.19. The minimum atomic E-state index is -0.476. The fraction of sp³-hybridized carbons (Fsp3) is 0.333. The summed E-state index contributed by atoms with van der Waals surface area (Å²) in [4.78, 5) is 10.1. The normalized spacial score (nSPS) is 12.1.